The predicted molar refractivity (Wildman–Crippen MR) is 87.4 cm³/mol. The van der Waals surface area contributed by atoms with Crippen LogP contribution in [0.5, 0.6) is 0 Å². The summed E-state index contributed by atoms with van der Waals surface area (Å²) in [6, 6.07) is 14.6. The van der Waals surface area contributed by atoms with Gasteiger partial charge in [-0.25, -0.2) is 0 Å². The molecule has 25 heavy (non-hydrogen) atoms. The molecule has 0 saturated carbocycles. The lowest BCUT2D eigenvalue weighted by molar-refractivity contribution is -0.216. The number of halogens is 3. The Morgan fingerprint density at radius 2 is 1.76 bits per heavy atom. The van der Waals surface area contributed by atoms with Crippen LogP contribution in [0.4, 0.5) is 13.2 Å². The van der Waals surface area contributed by atoms with E-state index in [1.54, 1.807) is 12.0 Å². The minimum Gasteiger partial charge on any atom is -0.393 e. The Balaban J connectivity index is 1.85. The molecule has 1 N–H and O–H groups in total. The van der Waals surface area contributed by atoms with Gasteiger partial charge < -0.3 is 5.11 Å². The molecule has 0 bridgehead atoms. The van der Waals surface area contributed by atoms with E-state index in [9.17, 15) is 18.3 Å². The van der Waals surface area contributed by atoms with Gasteiger partial charge in [0.05, 0.1) is 18.2 Å². The number of aliphatic hydroxyl groups is 1. The van der Waals surface area contributed by atoms with Crippen molar-refractivity contribution in [3.05, 3.63) is 71.3 Å². The van der Waals surface area contributed by atoms with E-state index in [1.165, 1.54) is 12.1 Å². The van der Waals surface area contributed by atoms with E-state index in [0.717, 1.165) is 23.3 Å². The molecule has 1 saturated heterocycles. The quantitative estimate of drug-likeness (QED) is 0.890. The van der Waals surface area contributed by atoms with Crippen molar-refractivity contribution in [3.63, 3.8) is 0 Å². The summed E-state index contributed by atoms with van der Waals surface area (Å²) in [5.41, 5.74) is 0.347. The average molecular weight is 351 g/mol. The van der Waals surface area contributed by atoms with Gasteiger partial charge in [0.1, 0.15) is 5.60 Å². The highest BCUT2D eigenvalue weighted by molar-refractivity contribution is 5.28. The Bertz CT molecular complexity index is 703. The Labute approximate surface area is 144 Å². The van der Waals surface area contributed by atoms with Gasteiger partial charge in [-0.3, -0.25) is 4.84 Å². The first-order chi connectivity index (χ1) is 11.8. The maximum atomic E-state index is 12.8. The minimum atomic E-state index is -4.35. The summed E-state index contributed by atoms with van der Waals surface area (Å²) in [6.45, 7) is 2.13. The largest absolute Gasteiger partial charge is 0.416 e. The number of rotatable bonds is 4. The van der Waals surface area contributed by atoms with E-state index in [2.05, 4.69) is 0 Å². The van der Waals surface area contributed by atoms with Crippen molar-refractivity contribution < 1.29 is 23.1 Å². The molecule has 134 valence electrons. The summed E-state index contributed by atoms with van der Waals surface area (Å²) in [7, 11) is 0. The van der Waals surface area contributed by atoms with E-state index in [4.69, 9.17) is 4.84 Å². The van der Waals surface area contributed by atoms with Crippen molar-refractivity contribution in [2.75, 3.05) is 6.61 Å². The summed E-state index contributed by atoms with van der Waals surface area (Å²) in [5, 5.41) is 11.4. The topological polar surface area (TPSA) is 32.7 Å². The van der Waals surface area contributed by atoms with Gasteiger partial charge in [-0.15, -0.1) is 0 Å². The molecule has 3 nitrogen and oxygen atoms in total. The molecule has 0 unspecified atom stereocenters. The number of hydroxylamine groups is 2. The van der Waals surface area contributed by atoms with Crippen LogP contribution < -0.4 is 0 Å². The number of alkyl halides is 3. The van der Waals surface area contributed by atoms with Crippen molar-refractivity contribution in [1.82, 2.24) is 5.06 Å². The van der Waals surface area contributed by atoms with Crippen LogP contribution in [0.3, 0.4) is 0 Å². The number of hydrogen-bond donors (Lipinski definition) is 1. The molecule has 0 spiro atoms. The summed E-state index contributed by atoms with van der Waals surface area (Å²) in [4.78, 5) is 5.93. The molecular formula is C19H20F3NO2. The second-order valence-corrected chi connectivity index (χ2v) is 6.60. The van der Waals surface area contributed by atoms with Crippen LogP contribution in [0.15, 0.2) is 54.6 Å². The van der Waals surface area contributed by atoms with Gasteiger partial charge in [-0.1, -0.05) is 42.5 Å². The fourth-order valence-electron chi connectivity index (χ4n) is 3.07. The van der Waals surface area contributed by atoms with Crippen molar-refractivity contribution in [2.24, 2.45) is 0 Å². The van der Waals surface area contributed by atoms with Gasteiger partial charge in [0.15, 0.2) is 0 Å². The van der Waals surface area contributed by atoms with E-state index >= 15 is 0 Å². The fraction of sp³-hybridized carbons (Fsp3) is 0.368. The van der Waals surface area contributed by atoms with Crippen LogP contribution in [-0.2, 0) is 17.6 Å². The molecule has 0 radical (unpaired) electrons. The second-order valence-electron chi connectivity index (χ2n) is 6.60. The Morgan fingerprint density at radius 1 is 1.12 bits per heavy atom. The highest BCUT2D eigenvalue weighted by atomic mass is 19.4. The van der Waals surface area contributed by atoms with Crippen molar-refractivity contribution >= 4 is 0 Å². The second kappa shape index (κ2) is 6.78. The third-order valence-electron chi connectivity index (χ3n) is 4.45. The minimum absolute atomic E-state index is 0.157. The molecule has 0 amide bonds. The highest BCUT2D eigenvalue weighted by Gasteiger charge is 2.43. The third-order valence-corrected chi connectivity index (χ3v) is 4.45. The standard InChI is InChI=1S/C19H20F3NO2/c1-18(13-24)11-17(15-7-9-16(10-8-15)19(20,21)22)23(25-18)12-14-5-3-2-4-6-14/h2-10,17,24H,11-13H2,1H3/t17-,18-/m0/s1. The lowest BCUT2D eigenvalue weighted by Gasteiger charge is -2.24. The van der Waals surface area contributed by atoms with Gasteiger partial charge in [-0.2, -0.15) is 18.2 Å². The van der Waals surface area contributed by atoms with Gasteiger partial charge >= 0.3 is 6.18 Å². The zero-order valence-corrected chi connectivity index (χ0v) is 13.8. The van der Waals surface area contributed by atoms with Crippen LogP contribution in [0.2, 0.25) is 0 Å². The Hall–Kier alpha value is -1.89. The molecule has 0 aliphatic carbocycles. The summed E-state index contributed by atoms with van der Waals surface area (Å²) in [6.07, 6.45) is -3.85. The first kappa shape index (κ1) is 17.9. The molecular weight excluding hydrogens is 331 g/mol. The molecule has 3 rings (SSSR count). The molecule has 2 aromatic rings. The molecule has 2 atom stereocenters. The molecule has 6 heteroatoms. The monoisotopic (exact) mass is 351 g/mol. The molecule has 1 aliphatic rings. The summed E-state index contributed by atoms with van der Waals surface area (Å²) < 4.78 is 38.3. The van der Waals surface area contributed by atoms with Crippen LogP contribution in [-0.4, -0.2) is 22.4 Å². The van der Waals surface area contributed by atoms with Crippen LogP contribution >= 0.6 is 0 Å². The normalized spacial score (nSPS) is 24.6. The first-order valence-electron chi connectivity index (χ1n) is 8.08. The van der Waals surface area contributed by atoms with Crippen molar-refractivity contribution in [2.45, 2.75) is 37.7 Å². The van der Waals surface area contributed by atoms with E-state index in [1.807, 2.05) is 30.3 Å². The first-order valence-corrected chi connectivity index (χ1v) is 8.08. The smallest absolute Gasteiger partial charge is 0.393 e. The Kier molecular flexibility index (Phi) is 4.86. The van der Waals surface area contributed by atoms with Gasteiger partial charge in [0.25, 0.3) is 0 Å². The highest BCUT2D eigenvalue weighted by Crippen LogP contribution is 2.41. The van der Waals surface area contributed by atoms with Crippen molar-refractivity contribution in [3.8, 4) is 0 Å². The number of hydrogen-bond acceptors (Lipinski definition) is 3. The molecule has 1 aliphatic heterocycles. The number of aliphatic hydroxyl groups excluding tert-OH is 1. The average Bonchev–Trinajstić information content (AvgIpc) is 2.92. The van der Waals surface area contributed by atoms with E-state index in [-0.39, 0.29) is 12.6 Å². The van der Waals surface area contributed by atoms with E-state index < -0.39 is 17.3 Å². The van der Waals surface area contributed by atoms with E-state index in [0.29, 0.717) is 13.0 Å². The SMILES string of the molecule is C[C@@]1(CO)C[C@@H](c2ccc(C(F)(F)F)cc2)N(Cc2ccccc2)O1. The number of benzene rings is 2. The molecule has 1 fully saturated rings. The maximum absolute atomic E-state index is 12.8. The maximum Gasteiger partial charge on any atom is 0.416 e. The van der Waals surface area contributed by atoms with Gasteiger partial charge in [-0.05, 0) is 30.2 Å². The van der Waals surface area contributed by atoms with Crippen LogP contribution in [0.25, 0.3) is 0 Å². The lowest BCUT2D eigenvalue weighted by atomic mass is 9.94. The molecule has 2 aromatic carbocycles. The van der Waals surface area contributed by atoms with Crippen molar-refractivity contribution in [1.29, 1.82) is 0 Å². The van der Waals surface area contributed by atoms with Crippen LogP contribution in [0, 0.1) is 0 Å². The zero-order valence-electron chi connectivity index (χ0n) is 13.8. The summed E-state index contributed by atoms with van der Waals surface area (Å²) >= 11 is 0. The Morgan fingerprint density at radius 3 is 2.32 bits per heavy atom. The molecule has 1 heterocycles. The van der Waals surface area contributed by atoms with Gasteiger partial charge in [0, 0.05) is 13.0 Å². The predicted octanol–water partition coefficient (Wildman–Crippen LogP) is 4.34. The van der Waals surface area contributed by atoms with Gasteiger partial charge in [0.2, 0.25) is 0 Å². The molecule has 0 aromatic heterocycles. The third kappa shape index (κ3) is 4.03. The fourth-order valence-corrected chi connectivity index (χ4v) is 3.07. The zero-order chi connectivity index (χ0) is 18.1. The summed E-state index contributed by atoms with van der Waals surface area (Å²) in [5.74, 6) is 0. The lowest BCUT2D eigenvalue weighted by Crippen LogP contribution is -2.31. The van der Waals surface area contributed by atoms with Crippen LogP contribution in [0.1, 0.15) is 36.1 Å². The number of nitrogens with zero attached hydrogens (tertiary/aromatic N) is 1.